The summed E-state index contributed by atoms with van der Waals surface area (Å²) in [6.45, 7) is 2.88. The molecule has 0 saturated carbocycles. The fraction of sp³-hybridized carbons (Fsp3) is 0.318. The minimum atomic E-state index is 0.115. The van der Waals surface area contributed by atoms with Crippen LogP contribution in [0.1, 0.15) is 31.7 Å². The third kappa shape index (κ3) is 4.07. The number of para-hydroxylation sites is 1. The molecule has 0 aliphatic rings. The third-order valence-electron chi connectivity index (χ3n) is 4.65. The second kappa shape index (κ2) is 8.56. The maximum atomic E-state index is 12.1. The van der Waals surface area contributed by atoms with Crippen LogP contribution in [0.4, 0.5) is 0 Å². The first-order valence-corrected chi connectivity index (χ1v) is 9.23. The van der Waals surface area contributed by atoms with Crippen LogP contribution in [-0.4, -0.2) is 24.5 Å². The number of unbranched alkanes of at least 4 members (excludes halogenated alkanes) is 1. The Morgan fingerprint density at radius 3 is 2.62 bits per heavy atom. The van der Waals surface area contributed by atoms with Gasteiger partial charge in [0.15, 0.2) is 0 Å². The Balaban J connectivity index is 1.86. The van der Waals surface area contributed by atoms with Crippen molar-refractivity contribution in [2.45, 2.75) is 32.6 Å². The van der Waals surface area contributed by atoms with E-state index in [2.05, 4.69) is 29.4 Å². The molecule has 0 spiro atoms. The van der Waals surface area contributed by atoms with E-state index in [1.807, 2.05) is 36.4 Å². The Labute approximate surface area is 154 Å². The molecule has 2 aromatic carbocycles. The lowest BCUT2D eigenvalue weighted by atomic mass is 10.0. The van der Waals surface area contributed by atoms with Crippen molar-refractivity contribution in [3.05, 3.63) is 54.1 Å². The maximum absolute atomic E-state index is 12.1. The van der Waals surface area contributed by atoms with E-state index in [4.69, 9.17) is 4.74 Å². The van der Waals surface area contributed by atoms with Gasteiger partial charge in [0.05, 0.1) is 7.11 Å². The number of hydrogen-bond acceptors (Lipinski definition) is 2. The summed E-state index contributed by atoms with van der Waals surface area (Å²) in [7, 11) is 1.67. The standard InChI is InChI=1S/C22H26N2O2/c1-3-4-15-23-21(25)14-13-19-18-7-5-6-8-20(18)24-22(19)16-9-11-17(26-2)12-10-16/h5-12,24H,3-4,13-15H2,1-2H3,(H,23,25). The lowest BCUT2D eigenvalue weighted by Gasteiger charge is -2.07. The Morgan fingerprint density at radius 1 is 1.12 bits per heavy atom. The van der Waals surface area contributed by atoms with Crippen molar-refractivity contribution in [3.63, 3.8) is 0 Å². The first kappa shape index (κ1) is 18.1. The SMILES string of the molecule is CCCCNC(=O)CCc1c(-c2ccc(OC)cc2)[nH]c2ccccc12. The van der Waals surface area contributed by atoms with Crippen LogP contribution < -0.4 is 10.1 Å². The molecule has 0 aliphatic heterocycles. The Hall–Kier alpha value is -2.75. The fourth-order valence-electron chi connectivity index (χ4n) is 3.20. The number of carbonyl (C=O) groups excluding carboxylic acids is 1. The highest BCUT2D eigenvalue weighted by Gasteiger charge is 2.14. The molecular weight excluding hydrogens is 324 g/mol. The van der Waals surface area contributed by atoms with E-state index in [1.54, 1.807) is 7.11 Å². The molecule has 2 N–H and O–H groups in total. The van der Waals surface area contributed by atoms with Crippen molar-refractivity contribution in [3.8, 4) is 17.0 Å². The molecule has 3 aromatic rings. The zero-order valence-corrected chi connectivity index (χ0v) is 15.5. The highest BCUT2D eigenvalue weighted by molar-refractivity contribution is 5.91. The normalized spacial score (nSPS) is 10.8. The van der Waals surface area contributed by atoms with Crippen LogP contribution in [0.15, 0.2) is 48.5 Å². The quantitative estimate of drug-likeness (QED) is 0.579. The van der Waals surface area contributed by atoms with Crippen molar-refractivity contribution in [2.75, 3.05) is 13.7 Å². The van der Waals surface area contributed by atoms with Gasteiger partial charge in [-0.15, -0.1) is 0 Å². The number of aromatic nitrogens is 1. The molecule has 1 heterocycles. The number of fused-ring (bicyclic) bond motifs is 1. The van der Waals surface area contributed by atoms with Crippen LogP contribution in [0, 0.1) is 0 Å². The predicted molar refractivity (Wildman–Crippen MR) is 107 cm³/mol. The topological polar surface area (TPSA) is 54.1 Å². The van der Waals surface area contributed by atoms with Gasteiger partial charge in [-0.3, -0.25) is 4.79 Å². The van der Waals surface area contributed by atoms with Crippen molar-refractivity contribution >= 4 is 16.8 Å². The number of benzene rings is 2. The van der Waals surface area contributed by atoms with E-state index in [1.165, 1.54) is 10.9 Å². The predicted octanol–water partition coefficient (Wildman–Crippen LogP) is 4.69. The van der Waals surface area contributed by atoms with Gasteiger partial charge in [-0.25, -0.2) is 0 Å². The van der Waals surface area contributed by atoms with Crippen LogP contribution in [0.3, 0.4) is 0 Å². The minimum absolute atomic E-state index is 0.115. The van der Waals surface area contributed by atoms with Gasteiger partial charge in [-0.2, -0.15) is 0 Å². The summed E-state index contributed by atoms with van der Waals surface area (Å²) in [5.74, 6) is 0.950. The van der Waals surface area contributed by atoms with Crippen LogP contribution in [0.5, 0.6) is 5.75 Å². The Morgan fingerprint density at radius 2 is 1.88 bits per heavy atom. The molecular formula is C22H26N2O2. The molecule has 0 aliphatic carbocycles. The number of rotatable bonds is 8. The smallest absolute Gasteiger partial charge is 0.220 e. The Kier molecular flexibility index (Phi) is 5.95. The molecule has 0 fully saturated rings. The summed E-state index contributed by atoms with van der Waals surface area (Å²) >= 11 is 0. The molecule has 0 bridgehead atoms. The molecule has 136 valence electrons. The second-order valence-corrected chi connectivity index (χ2v) is 6.46. The number of carbonyl (C=O) groups is 1. The zero-order chi connectivity index (χ0) is 18.4. The summed E-state index contributed by atoms with van der Waals surface area (Å²) in [6, 6.07) is 16.3. The monoisotopic (exact) mass is 350 g/mol. The maximum Gasteiger partial charge on any atom is 0.220 e. The van der Waals surface area contributed by atoms with Gasteiger partial charge in [0.25, 0.3) is 0 Å². The zero-order valence-electron chi connectivity index (χ0n) is 15.5. The van der Waals surface area contributed by atoms with E-state index in [0.29, 0.717) is 12.8 Å². The molecule has 1 aromatic heterocycles. The van der Waals surface area contributed by atoms with Crippen molar-refractivity contribution < 1.29 is 9.53 Å². The molecule has 4 heteroatoms. The van der Waals surface area contributed by atoms with E-state index in [0.717, 1.165) is 41.9 Å². The minimum Gasteiger partial charge on any atom is -0.497 e. The van der Waals surface area contributed by atoms with Crippen LogP contribution >= 0.6 is 0 Å². The summed E-state index contributed by atoms with van der Waals surface area (Å²) in [5.41, 5.74) is 4.47. The van der Waals surface area contributed by atoms with Gasteiger partial charge in [0, 0.05) is 29.6 Å². The summed E-state index contributed by atoms with van der Waals surface area (Å²) in [5, 5.41) is 4.18. The van der Waals surface area contributed by atoms with E-state index >= 15 is 0 Å². The molecule has 0 unspecified atom stereocenters. The number of amides is 1. The lowest BCUT2D eigenvalue weighted by Crippen LogP contribution is -2.24. The highest BCUT2D eigenvalue weighted by Crippen LogP contribution is 2.32. The first-order chi connectivity index (χ1) is 12.7. The summed E-state index contributed by atoms with van der Waals surface area (Å²) in [6.07, 6.45) is 3.32. The molecule has 3 rings (SSSR count). The van der Waals surface area contributed by atoms with Gasteiger partial charge in [-0.05, 0) is 54.3 Å². The number of H-pyrrole nitrogens is 1. The molecule has 1 amide bonds. The van der Waals surface area contributed by atoms with E-state index in [-0.39, 0.29) is 5.91 Å². The van der Waals surface area contributed by atoms with Gasteiger partial charge >= 0.3 is 0 Å². The van der Waals surface area contributed by atoms with Gasteiger partial charge < -0.3 is 15.0 Å². The number of nitrogens with one attached hydrogen (secondary N) is 2. The summed E-state index contributed by atoms with van der Waals surface area (Å²) in [4.78, 5) is 15.7. The van der Waals surface area contributed by atoms with Crippen molar-refractivity contribution in [2.24, 2.45) is 0 Å². The van der Waals surface area contributed by atoms with Crippen molar-refractivity contribution in [1.82, 2.24) is 10.3 Å². The molecule has 26 heavy (non-hydrogen) atoms. The van der Waals surface area contributed by atoms with Gasteiger partial charge in [0.2, 0.25) is 5.91 Å². The van der Waals surface area contributed by atoms with Gasteiger partial charge in [-0.1, -0.05) is 31.5 Å². The molecule has 4 nitrogen and oxygen atoms in total. The lowest BCUT2D eigenvalue weighted by molar-refractivity contribution is -0.121. The molecule has 0 atom stereocenters. The second-order valence-electron chi connectivity index (χ2n) is 6.46. The van der Waals surface area contributed by atoms with E-state index < -0.39 is 0 Å². The number of hydrogen-bond donors (Lipinski definition) is 2. The largest absolute Gasteiger partial charge is 0.497 e. The first-order valence-electron chi connectivity index (χ1n) is 9.23. The third-order valence-corrected chi connectivity index (χ3v) is 4.65. The molecule has 0 radical (unpaired) electrons. The number of methoxy groups -OCH3 is 1. The average molecular weight is 350 g/mol. The molecule has 0 saturated heterocycles. The van der Waals surface area contributed by atoms with Crippen LogP contribution in [0.25, 0.3) is 22.2 Å². The van der Waals surface area contributed by atoms with E-state index in [9.17, 15) is 4.79 Å². The summed E-state index contributed by atoms with van der Waals surface area (Å²) < 4.78 is 5.26. The van der Waals surface area contributed by atoms with Crippen LogP contribution in [-0.2, 0) is 11.2 Å². The number of ether oxygens (including phenoxy) is 1. The number of aromatic amines is 1. The highest BCUT2D eigenvalue weighted by atomic mass is 16.5. The van der Waals surface area contributed by atoms with Gasteiger partial charge in [0.1, 0.15) is 5.75 Å². The Bertz CT molecular complexity index is 865. The average Bonchev–Trinajstić information content (AvgIpc) is 3.05. The number of aryl methyl sites for hydroxylation is 1. The fourth-order valence-corrected chi connectivity index (χ4v) is 3.20. The van der Waals surface area contributed by atoms with Crippen molar-refractivity contribution in [1.29, 1.82) is 0 Å². The van der Waals surface area contributed by atoms with Crippen LogP contribution in [0.2, 0.25) is 0 Å².